The van der Waals surface area contributed by atoms with Crippen molar-refractivity contribution >= 4 is 11.9 Å². The van der Waals surface area contributed by atoms with Gasteiger partial charge in [0.15, 0.2) is 6.67 Å². The molecule has 1 aliphatic rings. The van der Waals surface area contributed by atoms with Gasteiger partial charge in [-0.1, -0.05) is 60.7 Å². The van der Waals surface area contributed by atoms with Crippen molar-refractivity contribution in [1.29, 1.82) is 0 Å². The highest BCUT2D eigenvalue weighted by Gasteiger charge is 2.28. The predicted octanol–water partition coefficient (Wildman–Crippen LogP) is 2.33. The van der Waals surface area contributed by atoms with E-state index in [1.165, 1.54) is 10.6 Å². The molecular formula is C19H22N4O2. The number of carbonyl (C=O) groups is 1. The molecule has 130 valence electrons. The molecule has 0 saturated carbocycles. The Balaban J connectivity index is 1.52. The fourth-order valence-corrected chi connectivity index (χ4v) is 2.61. The summed E-state index contributed by atoms with van der Waals surface area (Å²) in [7, 11) is 1.86. The normalized spacial score (nSPS) is 14.6. The van der Waals surface area contributed by atoms with Gasteiger partial charge in [0.25, 0.3) is 0 Å². The molecule has 0 unspecified atom stereocenters. The first-order chi connectivity index (χ1) is 12.3. The van der Waals surface area contributed by atoms with Gasteiger partial charge >= 0.3 is 6.03 Å². The Bertz CT molecular complexity index is 719. The quantitative estimate of drug-likeness (QED) is 0.849. The van der Waals surface area contributed by atoms with Crippen LogP contribution in [0.1, 0.15) is 11.1 Å². The van der Waals surface area contributed by atoms with Crippen LogP contribution in [0.2, 0.25) is 0 Å². The molecule has 0 aromatic heterocycles. The van der Waals surface area contributed by atoms with Gasteiger partial charge in [0, 0.05) is 6.54 Å². The van der Waals surface area contributed by atoms with E-state index in [0.29, 0.717) is 12.4 Å². The molecular weight excluding hydrogens is 316 g/mol. The number of hydrogen-bond acceptors (Lipinski definition) is 4. The molecule has 2 aromatic carbocycles. The van der Waals surface area contributed by atoms with Crippen molar-refractivity contribution in [2.24, 2.45) is 4.99 Å². The van der Waals surface area contributed by atoms with Crippen molar-refractivity contribution < 1.29 is 9.63 Å². The summed E-state index contributed by atoms with van der Waals surface area (Å²) in [5.41, 5.74) is 2.22. The van der Waals surface area contributed by atoms with Crippen LogP contribution in [-0.2, 0) is 17.8 Å². The van der Waals surface area contributed by atoms with Gasteiger partial charge in [0.1, 0.15) is 0 Å². The van der Waals surface area contributed by atoms with Crippen molar-refractivity contribution in [2.45, 2.75) is 19.0 Å². The van der Waals surface area contributed by atoms with Crippen molar-refractivity contribution in [3.8, 4) is 0 Å². The molecule has 3 rings (SSSR count). The molecule has 1 aliphatic heterocycles. The van der Waals surface area contributed by atoms with Gasteiger partial charge in [0.05, 0.1) is 6.04 Å². The molecule has 6 nitrogen and oxygen atoms in total. The number of carbonyl (C=O) groups excluding carboxylic acids is 1. The van der Waals surface area contributed by atoms with Crippen LogP contribution in [0.25, 0.3) is 0 Å². The van der Waals surface area contributed by atoms with E-state index >= 15 is 0 Å². The van der Waals surface area contributed by atoms with E-state index in [-0.39, 0.29) is 18.7 Å². The number of aliphatic imine (C=N–C) groups is 1. The molecule has 0 bridgehead atoms. The maximum absolute atomic E-state index is 12.2. The Morgan fingerprint density at radius 2 is 1.76 bits per heavy atom. The van der Waals surface area contributed by atoms with E-state index in [9.17, 15) is 4.79 Å². The zero-order valence-electron chi connectivity index (χ0n) is 14.2. The maximum Gasteiger partial charge on any atom is 0.352 e. The van der Waals surface area contributed by atoms with Crippen molar-refractivity contribution in [3.05, 3.63) is 71.8 Å². The number of hydroxylamine groups is 2. The van der Waals surface area contributed by atoms with Crippen LogP contribution < -0.4 is 10.6 Å². The number of nitrogens with zero attached hydrogens (tertiary/aromatic N) is 2. The lowest BCUT2D eigenvalue weighted by Crippen LogP contribution is -2.42. The molecule has 2 amide bonds. The monoisotopic (exact) mass is 338 g/mol. The first-order valence-corrected chi connectivity index (χ1v) is 8.29. The smallest absolute Gasteiger partial charge is 0.352 e. The van der Waals surface area contributed by atoms with Gasteiger partial charge in [0.2, 0.25) is 5.90 Å². The van der Waals surface area contributed by atoms with Crippen LogP contribution in [0.15, 0.2) is 65.7 Å². The highest BCUT2D eigenvalue weighted by Crippen LogP contribution is 2.11. The molecule has 1 atom stereocenters. The molecule has 0 radical (unpaired) electrons. The summed E-state index contributed by atoms with van der Waals surface area (Å²) < 4.78 is 0. The summed E-state index contributed by atoms with van der Waals surface area (Å²) in [6.07, 6.45) is 0.746. The Kier molecular flexibility index (Phi) is 5.64. The molecule has 1 heterocycles. The van der Waals surface area contributed by atoms with Gasteiger partial charge < -0.3 is 15.5 Å². The number of rotatable bonds is 6. The van der Waals surface area contributed by atoms with Crippen LogP contribution in [-0.4, -0.2) is 36.8 Å². The maximum atomic E-state index is 12.2. The second kappa shape index (κ2) is 8.30. The van der Waals surface area contributed by atoms with Crippen LogP contribution in [0.3, 0.4) is 0 Å². The lowest BCUT2D eigenvalue weighted by Gasteiger charge is -2.19. The first kappa shape index (κ1) is 17.0. The summed E-state index contributed by atoms with van der Waals surface area (Å²) in [5.74, 6) is 0.529. The van der Waals surface area contributed by atoms with Gasteiger partial charge in [-0.2, -0.15) is 0 Å². The van der Waals surface area contributed by atoms with Crippen LogP contribution in [0.4, 0.5) is 4.79 Å². The minimum atomic E-state index is -0.294. The summed E-state index contributed by atoms with van der Waals surface area (Å²) in [6.45, 7) is 0.650. The second-order valence-electron chi connectivity index (χ2n) is 5.78. The molecule has 6 heteroatoms. The van der Waals surface area contributed by atoms with E-state index in [1.54, 1.807) is 0 Å². The van der Waals surface area contributed by atoms with Gasteiger partial charge in [-0.25, -0.2) is 9.79 Å². The third-order valence-electron chi connectivity index (χ3n) is 4.00. The Labute approximate surface area is 147 Å². The molecule has 2 aromatic rings. The lowest BCUT2D eigenvalue weighted by atomic mass is 10.1. The third-order valence-corrected chi connectivity index (χ3v) is 4.00. The van der Waals surface area contributed by atoms with Crippen LogP contribution in [0, 0.1) is 0 Å². The fourth-order valence-electron chi connectivity index (χ4n) is 2.61. The lowest BCUT2D eigenvalue weighted by molar-refractivity contribution is -0.00713. The zero-order valence-corrected chi connectivity index (χ0v) is 14.2. The number of nitrogens with one attached hydrogen (secondary N) is 2. The van der Waals surface area contributed by atoms with E-state index in [4.69, 9.17) is 4.84 Å². The standard InChI is InChI=1S/C19H22N4O2/c1-20-17(12-15-8-4-2-5-9-15)18-22-14-23(25-18)19(24)21-13-16-10-6-3-7-11-16/h2-11,17,20H,12-14H2,1H3,(H,21,24)/t17-/m1/s1. The molecule has 0 fully saturated rings. The average Bonchev–Trinajstić information content (AvgIpc) is 3.16. The molecule has 0 aliphatic carbocycles. The highest BCUT2D eigenvalue weighted by molar-refractivity contribution is 5.86. The van der Waals surface area contributed by atoms with Crippen molar-refractivity contribution in [1.82, 2.24) is 15.7 Å². The van der Waals surface area contributed by atoms with Crippen LogP contribution in [0.5, 0.6) is 0 Å². The number of likely N-dealkylation sites (N-methyl/N-ethyl adjacent to an activating group) is 1. The largest absolute Gasteiger partial charge is 0.356 e. The Morgan fingerprint density at radius 3 is 2.40 bits per heavy atom. The summed E-state index contributed by atoms with van der Waals surface area (Å²) >= 11 is 0. The van der Waals surface area contributed by atoms with Gasteiger partial charge in [-0.3, -0.25) is 0 Å². The number of hydrogen-bond donors (Lipinski definition) is 2. The van der Waals surface area contributed by atoms with Crippen LogP contribution >= 0.6 is 0 Å². The second-order valence-corrected chi connectivity index (χ2v) is 5.78. The van der Waals surface area contributed by atoms with E-state index < -0.39 is 0 Å². The summed E-state index contributed by atoms with van der Waals surface area (Å²) in [5, 5.41) is 7.28. The SMILES string of the molecule is CN[C@H](Cc1ccccc1)C1=NCN(C(=O)NCc2ccccc2)O1. The first-order valence-electron chi connectivity index (χ1n) is 8.29. The Morgan fingerprint density at radius 1 is 1.12 bits per heavy atom. The van der Waals surface area contributed by atoms with E-state index in [2.05, 4.69) is 27.8 Å². The molecule has 25 heavy (non-hydrogen) atoms. The van der Waals surface area contributed by atoms with E-state index in [0.717, 1.165) is 12.0 Å². The van der Waals surface area contributed by atoms with Crippen molar-refractivity contribution in [3.63, 3.8) is 0 Å². The minimum absolute atomic E-state index is 0.0747. The average molecular weight is 338 g/mol. The summed E-state index contributed by atoms with van der Waals surface area (Å²) in [6, 6.07) is 19.5. The fraction of sp³-hybridized carbons (Fsp3) is 0.263. The zero-order chi connectivity index (χ0) is 17.5. The Hall–Kier alpha value is -2.86. The van der Waals surface area contributed by atoms with Crippen molar-refractivity contribution in [2.75, 3.05) is 13.7 Å². The van der Waals surface area contributed by atoms with Gasteiger partial charge in [-0.15, -0.1) is 5.06 Å². The minimum Gasteiger partial charge on any atom is -0.356 e. The number of urea groups is 1. The van der Waals surface area contributed by atoms with E-state index in [1.807, 2.05) is 55.6 Å². The van der Waals surface area contributed by atoms with Gasteiger partial charge in [-0.05, 0) is 24.6 Å². The molecule has 2 N–H and O–H groups in total. The summed E-state index contributed by atoms with van der Waals surface area (Å²) in [4.78, 5) is 22.2. The molecule has 0 saturated heterocycles. The topological polar surface area (TPSA) is 66.0 Å². The third kappa shape index (κ3) is 4.58. The number of benzene rings is 2. The predicted molar refractivity (Wildman–Crippen MR) is 96.9 cm³/mol. The number of amides is 2. The highest BCUT2D eigenvalue weighted by atomic mass is 16.7. The molecule has 0 spiro atoms.